The topological polar surface area (TPSA) is 38.3 Å². The van der Waals surface area contributed by atoms with Crippen molar-refractivity contribution in [3.8, 4) is 5.75 Å². The van der Waals surface area contributed by atoms with Crippen molar-refractivity contribution < 1.29 is 9.53 Å². The van der Waals surface area contributed by atoms with E-state index < -0.39 is 6.10 Å². The highest BCUT2D eigenvalue weighted by Crippen LogP contribution is 2.35. The molecule has 0 radical (unpaired) electrons. The number of ether oxygens (including phenoxy) is 1. The Morgan fingerprint density at radius 3 is 2.44 bits per heavy atom. The smallest absolute Gasteiger partial charge is 0.265 e. The van der Waals surface area contributed by atoms with E-state index in [1.54, 1.807) is 6.92 Å². The van der Waals surface area contributed by atoms with Gasteiger partial charge in [0.1, 0.15) is 5.75 Å². The normalized spacial score (nSPS) is 13.8. The molecule has 138 valence electrons. The van der Waals surface area contributed by atoms with Gasteiger partial charge in [-0.05, 0) is 59.9 Å². The van der Waals surface area contributed by atoms with Gasteiger partial charge in [-0.3, -0.25) is 4.79 Å². The lowest BCUT2D eigenvalue weighted by atomic mass is 10.0. The Labute approximate surface area is 160 Å². The molecule has 0 saturated heterocycles. The Bertz CT molecular complexity index is 996. The van der Waals surface area contributed by atoms with E-state index in [0.717, 1.165) is 35.2 Å². The van der Waals surface area contributed by atoms with Gasteiger partial charge in [-0.1, -0.05) is 56.3 Å². The van der Waals surface area contributed by atoms with E-state index in [-0.39, 0.29) is 5.91 Å². The van der Waals surface area contributed by atoms with Crippen molar-refractivity contribution in [2.75, 3.05) is 5.32 Å². The van der Waals surface area contributed by atoms with Crippen molar-refractivity contribution in [3.05, 3.63) is 71.3 Å². The number of anilines is 1. The molecule has 1 atom stereocenters. The minimum atomic E-state index is -0.576. The second kappa shape index (κ2) is 7.07. The lowest BCUT2D eigenvalue weighted by Crippen LogP contribution is -2.30. The van der Waals surface area contributed by atoms with Crippen molar-refractivity contribution in [2.45, 2.75) is 45.6 Å². The second-order valence-corrected chi connectivity index (χ2v) is 7.55. The predicted molar refractivity (Wildman–Crippen MR) is 111 cm³/mol. The molecular weight excluding hydrogens is 334 g/mol. The summed E-state index contributed by atoms with van der Waals surface area (Å²) < 4.78 is 6.00. The second-order valence-electron chi connectivity index (χ2n) is 7.55. The maximum Gasteiger partial charge on any atom is 0.265 e. The van der Waals surface area contributed by atoms with E-state index >= 15 is 0 Å². The van der Waals surface area contributed by atoms with Crippen LogP contribution >= 0.6 is 0 Å². The summed E-state index contributed by atoms with van der Waals surface area (Å²) in [6.45, 7) is 6.05. The van der Waals surface area contributed by atoms with Gasteiger partial charge in [0.25, 0.3) is 5.91 Å². The fourth-order valence-electron chi connectivity index (χ4n) is 3.90. The van der Waals surface area contributed by atoms with Crippen LogP contribution in [0.5, 0.6) is 5.75 Å². The summed E-state index contributed by atoms with van der Waals surface area (Å²) in [4.78, 5) is 12.8. The standard InChI is InChI=1S/C24H25NO2/c1-15(2)19-8-4-5-10-22(19)27-16(3)24(26)25-21-14-13-18-12-11-17-7-6-9-20(21)23(17)18/h4-10,13-16H,11-12H2,1-3H3,(H,25,26). The Kier molecular flexibility index (Phi) is 4.61. The molecule has 0 aromatic heterocycles. The minimum Gasteiger partial charge on any atom is -0.481 e. The molecule has 0 bridgehead atoms. The number of para-hydroxylation sites is 1. The molecule has 27 heavy (non-hydrogen) atoms. The van der Waals surface area contributed by atoms with Crippen molar-refractivity contribution in [1.29, 1.82) is 0 Å². The van der Waals surface area contributed by atoms with Crippen LogP contribution in [0.4, 0.5) is 5.69 Å². The summed E-state index contributed by atoms with van der Waals surface area (Å²) in [7, 11) is 0. The third kappa shape index (κ3) is 3.30. The largest absolute Gasteiger partial charge is 0.481 e. The summed E-state index contributed by atoms with van der Waals surface area (Å²) in [5.74, 6) is 0.982. The van der Waals surface area contributed by atoms with Gasteiger partial charge in [0, 0.05) is 11.1 Å². The quantitative estimate of drug-likeness (QED) is 0.656. The first-order chi connectivity index (χ1) is 13.0. The fourth-order valence-corrected chi connectivity index (χ4v) is 3.90. The number of hydrogen-bond donors (Lipinski definition) is 1. The van der Waals surface area contributed by atoms with Gasteiger partial charge in [-0.15, -0.1) is 0 Å². The van der Waals surface area contributed by atoms with Crippen LogP contribution in [-0.4, -0.2) is 12.0 Å². The molecular formula is C24H25NO2. The first kappa shape index (κ1) is 17.6. The highest BCUT2D eigenvalue weighted by Gasteiger charge is 2.20. The van der Waals surface area contributed by atoms with Gasteiger partial charge < -0.3 is 10.1 Å². The molecule has 0 saturated carbocycles. The van der Waals surface area contributed by atoms with E-state index in [1.807, 2.05) is 30.3 Å². The Balaban J connectivity index is 1.56. The van der Waals surface area contributed by atoms with Crippen molar-refractivity contribution in [3.63, 3.8) is 0 Å². The molecule has 3 aromatic carbocycles. The summed E-state index contributed by atoms with van der Waals surface area (Å²) in [5.41, 5.74) is 4.71. The highest BCUT2D eigenvalue weighted by atomic mass is 16.5. The fraction of sp³-hybridized carbons (Fsp3) is 0.292. The highest BCUT2D eigenvalue weighted by molar-refractivity contribution is 6.06. The number of amides is 1. The predicted octanol–water partition coefficient (Wildman–Crippen LogP) is 5.47. The van der Waals surface area contributed by atoms with E-state index in [1.165, 1.54) is 16.5 Å². The summed E-state index contributed by atoms with van der Waals surface area (Å²) in [6, 6.07) is 18.4. The van der Waals surface area contributed by atoms with Gasteiger partial charge in [0.2, 0.25) is 0 Å². The number of benzene rings is 3. The zero-order valence-electron chi connectivity index (χ0n) is 16.1. The van der Waals surface area contributed by atoms with Crippen LogP contribution in [0, 0.1) is 0 Å². The van der Waals surface area contributed by atoms with Crippen molar-refractivity contribution >= 4 is 22.4 Å². The van der Waals surface area contributed by atoms with Crippen molar-refractivity contribution in [2.24, 2.45) is 0 Å². The Hall–Kier alpha value is -2.81. The van der Waals surface area contributed by atoms with Crippen LogP contribution < -0.4 is 10.1 Å². The molecule has 1 aliphatic carbocycles. The zero-order valence-corrected chi connectivity index (χ0v) is 16.1. The van der Waals surface area contributed by atoms with Crippen LogP contribution in [-0.2, 0) is 17.6 Å². The van der Waals surface area contributed by atoms with Gasteiger partial charge in [0.05, 0.1) is 0 Å². The van der Waals surface area contributed by atoms with Gasteiger partial charge in [0.15, 0.2) is 6.10 Å². The molecule has 3 nitrogen and oxygen atoms in total. The van der Waals surface area contributed by atoms with Gasteiger partial charge >= 0.3 is 0 Å². The third-order valence-electron chi connectivity index (χ3n) is 5.35. The first-order valence-corrected chi connectivity index (χ1v) is 9.64. The molecule has 0 heterocycles. The number of nitrogens with one attached hydrogen (secondary N) is 1. The van der Waals surface area contributed by atoms with Crippen LogP contribution in [0.3, 0.4) is 0 Å². The monoisotopic (exact) mass is 359 g/mol. The number of rotatable bonds is 5. The lowest BCUT2D eigenvalue weighted by molar-refractivity contribution is -0.122. The summed E-state index contributed by atoms with van der Waals surface area (Å²) in [6.07, 6.45) is 1.58. The maximum atomic E-state index is 12.8. The molecule has 3 heteroatoms. The van der Waals surface area contributed by atoms with E-state index in [9.17, 15) is 4.79 Å². The van der Waals surface area contributed by atoms with Crippen molar-refractivity contribution in [1.82, 2.24) is 0 Å². The molecule has 1 amide bonds. The number of carbonyl (C=O) groups is 1. The molecule has 0 fully saturated rings. The van der Waals surface area contributed by atoms with Gasteiger partial charge in [-0.2, -0.15) is 0 Å². The first-order valence-electron chi connectivity index (χ1n) is 9.64. The van der Waals surface area contributed by atoms with Crippen LogP contribution in [0.2, 0.25) is 0 Å². The Morgan fingerprint density at radius 1 is 0.926 bits per heavy atom. The maximum absolute atomic E-state index is 12.8. The van der Waals surface area contributed by atoms with Crippen LogP contribution in [0.15, 0.2) is 54.6 Å². The average Bonchev–Trinajstić information content (AvgIpc) is 3.09. The minimum absolute atomic E-state index is 0.132. The number of aryl methyl sites for hydroxylation is 2. The number of hydrogen-bond acceptors (Lipinski definition) is 2. The number of carbonyl (C=O) groups excluding carboxylic acids is 1. The molecule has 1 unspecified atom stereocenters. The zero-order chi connectivity index (χ0) is 19.0. The summed E-state index contributed by atoms with van der Waals surface area (Å²) in [5, 5.41) is 5.49. The molecule has 3 aromatic rings. The van der Waals surface area contributed by atoms with Gasteiger partial charge in [-0.25, -0.2) is 0 Å². The average molecular weight is 359 g/mol. The lowest BCUT2D eigenvalue weighted by Gasteiger charge is -2.19. The molecule has 0 spiro atoms. The van der Waals surface area contributed by atoms with E-state index in [2.05, 4.69) is 43.4 Å². The van der Waals surface area contributed by atoms with E-state index in [4.69, 9.17) is 4.74 Å². The molecule has 1 N–H and O–H groups in total. The summed E-state index contributed by atoms with van der Waals surface area (Å²) >= 11 is 0. The SMILES string of the molecule is CC(Oc1ccccc1C(C)C)C(=O)Nc1ccc2c3c(cccc13)CC2. The molecule has 4 rings (SSSR count). The third-order valence-corrected chi connectivity index (χ3v) is 5.35. The van der Waals surface area contributed by atoms with E-state index in [0.29, 0.717) is 5.92 Å². The molecule has 0 aliphatic heterocycles. The Morgan fingerprint density at radius 2 is 1.67 bits per heavy atom. The molecule has 1 aliphatic rings. The van der Waals surface area contributed by atoms with Crippen LogP contribution in [0.25, 0.3) is 10.8 Å². The van der Waals surface area contributed by atoms with Crippen LogP contribution in [0.1, 0.15) is 43.4 Å².